The van der Waals surface area contributed by atoms with Crippen molar-refractivity contribution in [3.05, 3.63) is 0 Å². The molecule has 0 N–H and O–H groups in total. The molecule has 18 heavy (non-hydrogen) atoms. The van der Waals surface area contributed by atoms with Gasteiger partial charge in [0.25, 0.3) is 0 Å². The minimum absolute atomic E-state index is 0.104. The van der Waals surface area contributed by atoms with E-state index in [2.05, 4.69) is 74.8 Å². The lowest BCUT2D eigenvalue weighted by atomic mass is 9.11. The topological polar surface area (TPSA) is 0 Å². The van der Waals surface area contributed by atoms with Crippen LogP contribution in [0, 0.1) is 0 Å². The molecule has 0 fully saturated rings. The predicted molar refractivity (Wildman–Crippen MR) is 95.9 cm³/mol. The third kappa shape index (κ3) is 6.54. The van der Waals surface area contributed by atoms with Crippen molar-refractivity contribution in [1.82, 2.24) is 0 Å². The molecule has 2 heteroatoms. The van der Waals surface area contributed by atoms with Crippen LogP contribution in [0.4, 0.5) is 0 Å². The number of hydrogen-bond donors (Lipinski definition) is 0. The second kappa shape index (κ2) is 7.87. The summed E-state index contributed by atoms with van der Waals surface area (Å²) in [7, 11) is 0.567. The first kappa shape index (κ1) is 20.7. The summed E-state index contributed by atoms with van der Waals surface area (Å²) in [5.41, 5.74) is 0. The Morgan fingerprint density at radius 2 is 0.944 bits per heavy atom. The van der Waals surface area contributed by atoms with Gasteiger partial charge in [-0.2, -0.15) is 24.3 Å². The Bertz CT molecular complexity index is 196. The van der Waals surface area contributed by atoms with E-state index in [4.69, 9.17) is 0 Å². The van der Waals surface area contributed by atoms with Crippen molar-refractivity contribution >= 4 is 17.0 Å². The second-order valence-electron chi connectivity index (χ2n) is 8.00. The Morgan fingerprint density at radius 3 is 0.944 bits per heavy atom. The standard InChI is InChI=1S/C10H24B.C6H15S/c1-7-11(8-2,9-3)10(4,5)6;1-6(2,3)7(4)5/h7-9H2,1-6H3;1-5H3/q-1;+1. The first-order chi connectivity index (χ1) is 7.88. The highest BCUT2D eigenvalue weighted by Gasteiger charge is 2.30. The van der Waals surface area contributed by atoms with Gasteiger partial charge in [-0.15, -0.1) is 0 Å². The molecule has 0 aromatic heterocycles. The fourth-order valence-corrected chi connectivity index (χ4v) is 2.70. The number of rotatable bonds is 3. The van der Waals surface area contributed by atoms with Crippen LogP contribution >= 0.6 is 0 Å². The van der Waals surface area contributed by atoms with Gasteiger partial charge in [0.15, 0.2) is 0 Å². The van der Waals surface area contributed by atoms with Crippen molar-refractivity contribution in [2.75, 3.05) is 12.5 Å². The summed E-state index contributed by atoms with van der Waals surface area (Å²) < 4.78 is 0.528. The van der Waals surface area contributed by atoms with Crippen LogP contribution in [0.1, 0.15) is 62.3 Å². The predicted octanol–water partition coefficient (Wildman–Crippen LogP) is 5.96. The molecule has 0 aliphatic heterocycles. The average Bonchev–Trinajstić information content (AvgIpc) is 2.18. The molecule has 112 valence electrons. The second-order valence-corrected chi connectivity index (χ2v) is 10.9. The van der Waals surface area contributed by atoms with E-state index in [0.29, 0.717) is 21.0 Å². The molecule has 0 aromatic carbocycles. The monoisotopic (exact) mass is 274 g/mol. The third-order valence-corrected chi connectivity index (χ3v) is 7.86. The molecule has 0 spiro atoms. The van der Waals surface area contributed by atoms with E-state index in [1.165, 1.54) is 19.0 Å². The molecule has 0 radical (unpaired) electrons. The largest absolute Gasteiger partial charge is 0.181 e. The quantitative estimate of drug-likeness (QED) is 0.440. The number of hydrogen-bond acceptors (Lipinski definition) is 0. The highest BCUT2D eigenvalue weighted by Crippen LogP contribution is 2.43. The van der Waals surface area contributed by atoms with Crippen molar-refractivity contribution in [2.45, 2.75) is 91.3 Å². The highest BCUT2D eigenvalue weighted by molar-refractivity contribution is 7.96. The molecule has 0 saturated heterocycles. The summed E-state index contributed by atoms with van der Waals surface area (Å²) in [5, 5.41) is 0.526. The van der Waals surface area contributed by atoms with E-state index in [1.807, 2.05) is 0 Å². The minimum Gasteiger partial charge on any atom is -0.181 e. The molecule has 0 aliphatic rings. The van der Waals surface area contributed by atoms with E-state index in [1.54, 1.807) is 0 Å². The van der Waals surface area contributed by atoms with Gasteiger partial charge in [-0.05, 0) is 31.7 Å². The van der Waals surface area contributed by atoms with Gasteiger partial charge in [0.05, 0.1) is 12.5 Å². The summed E-state index contributed by atoms with van der Waals surface area (Å²) in [6.45, 7) is 21.0. The van der Waals surface area contributed by atoms with Crippen molar-refractivity contribution in [1.29, 1.82) is 0 Å². The SMILES string of the molecule is CC[B-](CC)(CC)C(C)(C)C.C[S+](C)C(C)(C)C. The van der Waals surface area contributed by atoms with Crippen LogP contribution in [0.15, 0.2) is 0 Å². The first-order valence-electron chi connectivity index (χ1n) is 7.66. The summed E-state index contributed by atoms with van der Waals surface area (Å²) in [4.78, 5) is 0. The molecular formula is C16H39BS. The molecule has 0 saturated carbocycles. The molecule has 0 unspecified atom stereocenters. The maximum absolute atomic E-state index is 2.39. The normalized spacial score (nSPS) is 13.3. The van der Waals surface area contributed by atoms with Gasteiger partial charge in [-0.25, -0.2) is 0 Å². The Hall–Kier alpha value is 0.415. The maximum Gasteiger partial charge on any atom is 0.119 e. The first-order valence-corrected chi connectivity index (χ1v) is 9.70. The van der Waals surface area contributed by atoms with Gasteiger partial charge in [0, 0.05) is 6.15 Å². The Kier molecular flexibility index (Phi) is 9.06. The lowest BCUT2D eigenvalue weighted by Gasteiger charge is -2.49. The maximum atomic E-state index is 2.39. The fraction of sp³-hybridized carbons (Fsp3) is 1.00. The summed E-state index contributed by atoms with van der Waals surface area (Å²) in [6, 6.07) is 0. The van der Waals surface area contributed by atoms with Crippen molar-refractivity contribution in [2.24, 2.45) is 0 Å². The van der Waals surface area contributed by atoms with Crippen molar-refractivity contribution < 1.29 is 0 Å². The molecule has 0 atom stereocenters. The van der Waals surface area contributed by atoms with Gasteiger partial charge in [-0.1, -0.05) is 41.5 Å². The molecule has 0 bridgehead atoms. The summed E-state index contributed by atoms with van der Waals surface area (Å²) in [6.07, 6.45) is 8.57. The Balaban J connectivity index is 0. The fourth-order valence-electron chi connectivity index (χ4n) is 2.70. The zero-order valence-corrected chi connectivity index (χ0v) is 15.9. The van der Waals surface area contributed by atoms with Crippen LogP contribution in [-0.2, 0) is 10.9 Å². The molecule has 0 heterocycles. The van der Waals surface area contributed by atoms with Crippen LogP contribution in [0.3, 0.4) is 0 Å². The van der Waals surface area contributed by atoms with E-state index < -0.39 is 0 Å². The van der Waals surface area contributed by atoms with E-state index in [-0.39, 0.29) is 6.15 Å². The van der Waals surface area contributed by atoms with Crippen LogP contribution in [0.25, 0.3) is 0 Å². The average molecular weight is 274 g/mol. The Morgan fingerprint density at radius 1 is 0.722 bits per heavy atom. The zero-order valence-electron chi connectivity index (χ0n) is 15.1. The van der Waals surface area contributed by atoms with E-state index in [9.17, 15) is 0 Å². The lowest BCUT2D eigenvalue weighted by Crippen LogP contribution is -2.41. The molecular weight excluding hydrogens is 235 g/mol. The molecule has 0 aliphatic carbocycles. The summed E-state index contributed by atoms with van der Waals surface area (Å²) in [5.74, 6) is 0. The van der Waals surface area contributed by atoms with E-state index >= 15 is 0 Å². The van der Waals surface area contributed by atoms with Crippen LogP contribution in [-0.4, -0.2) is 23.4 Å². The highest BCUT2D eigenvalue weighted by atomic mass is 32.2. The molecule has 0 amide bonds. The van der Waals surface area contributed by atoms with Gasteiger partial charge >= 0.3 is 0 Å². The van der Waals surface area contributed by atoms with Gasteiger partial charge < -0.3 is 0 Å². The van der Waals surface area contributed by atoms with Crippen LogP contribution in [0.5, 0.6) is 0 Å². The lowest BCUT2D eigenvalue weighted by molar-refractivity contribution is 0.698. The molecule has 0 nitrogen and oxygen atoms in total. The zero-order chi connectivity index (χ0) is 15.2. The van der Waals surface area contributed by atoms with Crippen LogP contribution < -0.4 is 0 Å². The third-order valence-electron chi connectivity index (χ3n) is 5.41. The van der Waals surface area contributed by atoms with Crippen LogP contribution in [0.2, 0.25) is 24.3 Å². The molecule has 0 rings (SSSR count). The van der Waals surface area contributed by atoms with Gasteiger partial charge in [-0.3, -0.25) is 0 Å². The smallest absolute Gasteiger partial charge is 0.119 e. The van der Waals surface area contributed by atoms with E-state index in [0.717, 1.165) is 0 Å². The van der Waals surface area contributed by atoms with Gasteiger partial charge in [0.2, 0.25) is 0 Å². The Labute approximate surface area is 121 Å². The summed E-state index contributed by atoms with van der Waals surface area (Å²) >= 11 is 0. The molecule has 0 aromatic rings. The minimum atomic E-state index is -0.104. The van der Waals surface area contributed by atoms with Gasteiger partial charge in [0.1, 0.15) is 4.75 Å². The van der Waals surface area contributed by atoms with Crippen molar-refractivity contribution in [3.8, 4) is 0 Å². The van der Waals surface area contributed by atoms with Crippen molar-refractivity contribution in [3.63, 3.8) is 0 Å².